The van der Waals surface area contributed by atoms with Crippen molar-refractivity contribution in [3.8, 4) is 5.75 Å². The summed E-state index contributed by atoms with van der Waals surface area (Å²) in [7, 11) is 2.49. The highest BCUT2D eigenvalue weighted by atomic mass is 35.5. The molecule has 0 fully saturated rings. The lowest BCUT2D eigenvalue weighted by Crippen LogP contribution is -2.47. The molecule has 0 saturated heterocycles. The number of rotatable bonds is 5. The van der Waals surface area contributed by atoms with Gasteiger partial charge in [-0.05, 0) is 69.6 Å². The molecule has 2 aromatic rings. The highest BCUT2D eigenvalue weighted by Crippen LogP contribution is 2.28. The third kappa shape index (κ3) is 8.47. The lowest BCUT2D eigenvalue weighted by Gasteiger charge is -2.26. The number of nitrogens with one attached hydrogen (secondary N) is 1. The summed E-state index contributed by atoms with van der Waals surface area (Å²) < 4.78 is 15.1. The average Bonchev–Trinajstić information content (AvgIpc) is 2.98. The molecule has 0 aliphatic carbocycles. The number of alkyl carbamates (subject to hydrolysis) is 1. The van der Waals surface area contributed by atoms with Crippen LogP contribution in [0, 0.1) is 0 Å². The van der Waals surface area contributed by atoms with Gasteiger partial charge >= 0.3 is 12.1 Å². The lowest BCUT2D eigenvalue weighted by atomic mass is 10.0. The van der Waals surface area contributed by atoms with Gasteiger partial charge in [-0.2, -0.15) is 4.37 Å². The van der Waals surface area contributed by atoms with Gasteiger partial charge in [-0.1, -0.05) is 17.7 Å². The number of aromatic hydroxyl groups is 1. The summed E-state index contributed by atoms with van der Waals surface area (Å²) in [5.41, 5.74) is -0.536. The van der Waals surface area contributed by atoms with Gasteiger partial charge in [-0.3, -0.25) is 0 Å². The zero-order valence-corrected chi connectivity index (χ0v) is 20.6. The molecule has 2 rings (SSSR count). The molecule has 1 aromatic heterocycles. The Kier molecular flexibility index (Phi) is 8.07. The molecule has 0 aliphatic heterocycles. The van der Waals surface area contributed by atoms with Crippen molar-refractivity contribution >= 4 is 50.2 Å². The van der Waals surface area contributed by atoms with Gasteiger partial charge in [0.1, 0.15) is 28.7 Å². The minimum atomic E-state index is -1.01. The molecular formula is C20H26ClN3O5S2. The molecule has 1 aromatic carbocycles. The molecule has 1 atom stereocenters. The second-order valence-electron chi connectivity index (χ2n) is 8.72. The highest BCUT2D eigenvalue weighted by molar-refractivity contribution is 7.66. The molecular weight excluding hydrogens is 462 g/mol. The van der Waals surface area contributed by atoms with Gasteiger partial charge in [0.15, 0.2) is 9.82 Å². The standard InChI is InChI=1S/C20H26ClN3O5S2/c1-19(2,3)28-17(26)13(23-18(27)29-20(4,5)6)9-11-7-8-12(14(25)10-11)22-16-15(21)24-31-30-16/h7-8,10,13,25H,9H2,1-6H3,(H,23,27)/b22-16-/t13-/m0/s1. The number of nitrogens with zero attached hydrogens (tertiary/aromatic N) is 2. The van der Waals surface area contributed by atoms with Crippen LogP contribution in [-0.4, -0.2) is 38.8 Å². The molecule has 8 nitrogen and oxygen atoms in total. The second-order valence-corrected chi connectivity index (χ2v) is 10.9. The van der Waals surface area contributed by atoms with E-state index in [9.17, 15) is 14.7 Å². The van der Waals surface area contributed by atoms with Gasteiger partial charge < -0.3 is 19.9 Å². The summed E-state index contributed by atoms with van der Waals surface area (Å²) in [6.45, 7) is 10.4. The first-order valence-electron chi connectivity index (χ1n) is 9.44. The fourth-order valence-corrected chi connectivity index (χ4v) is 4.36. The molecule has 0 unspecified atom stereocenters. The number of phenolic OH excluding ortho intramolecular Hbond substituents is 1. The Balaban J connectivity index is 2.24. The average molecular weight is 488 g/mol. The van der Waals surface area contributed by atoms with Crippen LogP contribution in [0.25, 0.3) is 0 Å². The van der Waals surface area contributed by atoms with Gasteiger partial charge in [0.2, 0.25) is 0 Å². The number of carbonyl (C=O) groups excluding carboxylic acids is 2. The Morgan fingerprint density at radius 2 is 1.84 bits per heavy atom. The lowest BCUT2D eigenvalue weighted by molar-refractivity contribution is -0.157. The molecule has 31 heavy (non-hydrogen) atoms. The van der Waals surface area contributed by atoms with Gasteiger partial charge in [0, 0.05) is 17.0 Å². The molecule has 0 radical (unpaired) electrons. The van der Waals surface area contributed by atoms with Crippen LogP contribution < -0.4 is 9.99 Å². The largest absolute Gasteiger partial charge is 0.506 e. The van der Waals surface area contributed by atoms with Gasteiger partial charge in [0.05, 0.1) is 0 Å². The van der Waals surface area contributed by atoms with Gasteiger partial charge in [0.25, 0.3) is 0 Å². The first-order chi connectivity index (χ1) is 14.2. The molecule has 0 bridgehead atoms. The SMILES string of the molecule is CC(C)(C)OC(=O)N[C@@H](Cc1ccc(/N=c2\ssnc2Cl)c(O)c1)C(=O)OC(C)(C)C. The topological polar surface area (TPSA) is 110 Å². The number of esters is 1. The van der Waals surface area contributed by atoms with Gasteiger partial charge in [-0.25, -0.2) is 14.6 Å². The number of hydrogen-bond donors (Lipinski definition) is 2. The predicted molar refractivity (Wildman–Crippen MR) is 121 cm³/mol. The maximum absolute atomic E-state index is 12.7. The third-order valence-corrected chi connectivity index (χ3v) is 5.66. The highest BCUT2D eigenvalue weighted by Gasteiger charge is 2.29. The van der Waals surface area contributed by atoms with Crippen molar-refractivity contribution in [2.45, 2.75) is 65.2 Å². The maximum Gasteiger partial charge on any atom is 0.408 e. The number of benzene rings is 1. The summed E-state index contributed by atoms with van der Waals surface area (Å²) in [5.74, 6) is -0.697. The number of amides is 1. The second kappa shape index (κ2) is 9.97. The number of carbonyl (C=O) groups is 2. The number of halogens is 1. The monoisotopic (exact) mass is 487 g/mol. The normalized spacial score (nSPS) is 13.6. The van der Waals surface area contributed by atoms with Crippen LogP contribution in [0.1, 0.15) is 47.1 Å². The van der Waals surface area contributed by atoms with Crippen LogP contribution in [-0.2, 0) is 20.7 Å². The number of hydrogen-bond acceptors (Lipinski definition) is 9. The van der Waals surface area contributed by atoms with E-state index in [4.69, 9.17) is 21.1 Å². The summed E-state index contributed by atoms with van der Waals surface area (Å²) in [6.07, 6.45) is -0.647. The Bertz CT molecular complexity index is 1010. The minimum Gasteiger partial charge on any atom is -0.506 e. The molecule has 1 heterocycles. The Hall–Kier alpha value is -2.17. The molecule has 0 aliphatic rings. The van der Waals surface area contributed by atoms with E-state index in [2.05, 4.69) is 14.7 Å². The van der Waals surface area contributed by atoms with Crippen molar-refractivity contribution in [2.24, 2.45) is 4.99 Å². The smallest absolute Gasteiger partial charge is 0.408 e. The van der Waals surface area contributed by atoms with Crippen molar-refractivity contribution in [3.05, 3.63) is 33.6 Å². The van der Waals surface area contributed by atoms with E-state index in [1.807, 2.05) is 0 Å². The fraction of sp³-hybridized carbons (Fsp3) is 0.500. The molecule has 0 saturated carbocycles. The first-order valence-corrected chi connectivity index (χ1v) is 11.9. The number of phenols is 1. The van der Waals surface area contributed by atoms with E-state index in [0.717, 1.165) is 0 Å². The van der Waals surface area contributed by atoms with Crippen molar-refractivity contribution < 1.29 is 24.2 Å². The van der Waals surface area contributed by atoms with Crippen molar-refractivity contribution in [1.29, 1.82) is 0 Å². The zero-order chi connectivity index (χ0) is 23.4. The van der Waals surface area contributed by atoms with E-state index < -0.39 is 29.3 Å². The molecule has 0 spiro atoms. The van der Waals surface area contributed by atoms with Crippen molar-refractivity contribution in [1.82, 2.24) is 9.69 Å². The van der Waals surface area contributed by atoms with Crippen LogP contribution in [0.5, 0.6) is 5.75 Å². The summed E-state index contributed by atoms with van der Waals surface area (Å²) in [4.78, 5) is 29.2. The quantitative estimate of drug-likeness (QED) is 0.472. The van der Waals surface area contributed by atoms with E-state index >= 15 is 0 Å². The van der Waals surface area contributed by atoms with Crippen LogP contribution in [0.15, 0.2) is 23.2 Å². The molecule has 1 amide bonds. The molecule has 2 N–H and O–H groups in total. The first kappa shape index (κ1) is 25.1. The van der Waals surface area contributed by atoms with Crippen LogP contribution in [0.4, 0.5) is 10.5 Å². The Morgan fingerprint density at radius 3 is 2.35 bits per heavy atom. The van der Waals surface area contributed by atoms with E-state index in [0.29, 0.717) is 15.9 Å². The van der Waals surface area contributed by atoms with Crippen LogP contribution >= 0.6 is 32.5 Å². The molecule has 170 valence electrons. The number of ether oxygens (including phenoxy) is 2. The summed E-state index contributed by atoms with van der Waals surface area (Å²) >= 11 is 5.95. The van der Waals surface area contributed by atoms with Crippen molar-refractivity contribution in [3.63, 3.8) is 0 Å². The Morgan fingerprint density at radius 1 is 1.19 bits per heavy atom. The van der Waals surface area contributed by atoms with Crippen molar-refractivity contribution in [2.75, 3.05) is 0 Å². The van der Waals surface area contributed by atoms with E-state index in [1.165, 1.54) is 26.9 Å². The van der Waals surface area contributed by atoms with Gasteiger partial charge in [-0.15, -0.1) is 0 Å². The summed E-state index contributed by atoms with van der Waals surface area (Å²) in [6, 6.07) is 3.77. The van der Waals surface area contributed by atoms with Crippen LogP contribution in [0.3, 0.4) is 0 Å². The zero-order valence-electron chi connectivity index (χ0n) is 18.2. The summed E-state index contributed by atoms with van der Waals surface area (Å²) in [5, 5.41) is 13.2. The minimum absolute atomic E-state index is 0.0887. The predicted octanol–water partition coefficient (Wildman–Crippen LogP) is 4.57. The number of aromatic nitrogens is 1. The molecule has 11 heteroatoms. The third-order valence-electron chi connectivity index (χ3n) is 3.49. The van der Waals surface area contributed by atoms with E-state index in [1.54, 1.807) is 53.7 Å². The maximum atomic E-state index is 12.7. The Labute approximate surface area is 193 Å². The fourth-order valence-electron chi connectivity index (χ4n) is 2.38. The van der Waals surface area contributed by atoms with Crippen LogP contribution in [0.2, 0.25) is 5.15 Å². The van der Waals surface area contributed by atoms with E-state index in [-0.39, 0.29) is 17.3 Å².